The van der Waals surface area contributed by atoms with Crippen molar-refractivity contribution in [2.24, 2.45) is 11.7 Å². The van der Waals surface area contributed by atoms with E-state index in [1.165, 1.54) is 0 Å². The van der Waals surface area contributed by atoms with Crippen LogP contribution in [0.5, 0.6) is 0 Å². The van der Waals surface area contributed by atoms with Gasteiger partial charge in [-0.25, -0.2) is 0 Å². The van der Waals surface area contributed by atoms with E-state index in [1.54, 1.807) is 22.9 Å². The molecule has 328 valence electrons. The third-order valence-corrected chi connectivity index (χ3v) is 14.5. The highest BCUT2D eigenvalue weighted by Gasteiger charge is 2.52. The molecular formula is C47H59N9O6. The number of hydrogen-bond acceptors (Lipinski definition) is 7. The predicted molar refractivity (Wildman–Crippen MR) is 233 cm³/mol. The molecule has 8 N–H and O–H groups in total. The SMILES string of the molecule is CC(N)[C@@H]1NC(=O)[C@H](Cc2c[nH]c3ccccc23)NC(=O)C2(CCCC2)NC(=O)[C@H](Cc2c[nH]c3ccccc23)NC(=O)[C@@H]2C[C@@H]3CCCC[C@@H]3N2C(=O)[C@H]2CCCCN2C1=O. The fourth-order valence-electron chi connectivity index (χ4n) is 11.2. The van der Waals surface area contributed by atoms with Gasteiger partial charge in [-0.05, 0) is 87.5 Å². The molecular weight excluding hydrogens is 787 g/mol. The van der Waals surface area contributed by atoms with Crippen molar-refractivity contribution < 1.29 is 28.8 Å². The number of rotatable bonds is 5. The van der Waals surface area contributed by atoms with Crippen molar-refractivity contribution in [3.05, 3.63) is 72.1 Å². The lowest BCUT2D eigenvalue weighted by Crippen LogP contribution is -2.67. The molecule has 5 aliphatic rings. The van der Waals surface area contributed by atoms with Crippen molar-refractivity contribution in [1.82, 2.24) is 41.0 Å². The standard InChI is InChI=1S/C47H59N9O6/c1-27(48)40-45(61)55-21-11-8-18-38(55)44(60)56-37-17-7-2-12-28(37)24-39(56)43(59)51-36(23-30-26-50-34-16-6-4-14-32(30)34)42(58)54-47(19-9-10-20-47)46(62)52-35(41(57)53-40)22-29-25-49-33-15-5-3-13-31(29)33/h3-6,13-16,25-28,35-40,49-50H,2,7-12,17-24,48H2,1H3,(H,51,59)(H,52,62)(H,53,57)(H,54,58)/t27?,28-,35-,36-,37-,38+,39-,40-/m0/s1. The van der Waals surface area contributed by atoms with Gasteiger partial charge in [-0.15, -0.1) is 0 Å². The summed E-state index contributed by atoms with van der Waals surface area (Å²) in [7, 11) is 0. The fraction of sp³-hybridized carbons (Fsp3) is 0.532. The molecule has 2 aromatic heterocycles. The first kappa shape index (κ1) is 41.6. The topological polar surface area (TPSA) is 215 Å². The van der Waals surface area contributed by atoms with Gasteiger partial charge in [-0.3, -0.25) is 28.8 Å². The Morgan fingerprint density at radius 3 is 1.95 bits per heavy atom. The molecule has 2 aromatic carbocycles. The Labute approximate surface area is 361 Å². The predicted octanol–water partition coefficient (Wildman–Crippen LogP) is 3.22. The maximum absolute atomic E-state index is 15.1. The van der Waals surface area contributed by atoms with Crippen molar-refractivity contribution >= 4 is 57.2 Å². The molecule has 4 aromatic rings. The van der Waals surface area contributed by atoms with Gasteiger partial charge in [-0.2, -0.15) is 0 Å². The number of carbonyl (C=O) groups is 6. The second-order valence-corrected chi connectivity index (χ2v) is 18.5. The molecule has 0 bridgehead atoms. The zero-order chi connectivity index (χ0) is 43.1. The van der Waals surface area contributed by atoms with Gasteiger partial charge in [0, 0.05) is 65.7 Å². The lowest BCUT2D eigenvalue weighted by molar-refractivity contribution is -0.153. The second-order valence-electron chi connectivity index (χ2n) is 18.5. The van der Waals surface area contributed by atoms with Crippen LogP contribution in [0.4, 0.5) is 0 Å². The number of aromatic amines is 2. The highest BCUT2D eigenvalue weighted by atomic mass is 16.2. The van der Waals surface area contributed by atoms with Gasteiger partial charge in [0.05, 0.1) is 0 Å². The van der Waals surface area contributed by atoms with E-state index >= 15 is 4.79 Å². The molecule has 5 heterocycles. The molecule has 5 fully saturated rings. The molecule has 2 saturated carbocycles. The average Bonchev–Trinajstić information content (AvgIpc) is 4.10. The molecule has 2 aliphatic carbocycles. The number of carbonyl (C=O) groups excluding carboxylic acids is 6. The number of piperidine rings is 1. The molecule has 15 nitrogen and oxygen atoms in total. The summed E-state index contributed by atoms with van der Waals surface area (Å²) in [6.07, 6.45) is 11.6. The number of nitrogens with one attached hydrogen (secondary N) is 6. The third-order valence-electron chi connectivity index (χ3n) is 14.5. The first-order valence-electron chi connectivity index (χ1n) is 22.7. The Balaban J connectivity index is 1.13. The van der Waals surface area contributed by atoms with Gasteiger partial charge < -0.3 is 46.8 Å². The number of nitrogens with two attached hydrogens (primary N) is 1. The van der Waals surface area contributed by atoms with Crippen LogP contribution >= 0.6 is 0 Å². The zero-order valence-electron chi connectivity index (χ0n) is 35.4. The van der Waals surface area contributed by atoms with Gasteiger partial charge >= 0.3 is 0 Å². The molecule has 9 rings (SSSR count). The maximum atomic E-state index is 15.1. The Bertz CT molecular complexity index is 2360. The lowest BCUT2D eigenvalue weighted by atomic mass is 9.84. The van der Waals surface area contributed by atoms with Crippen LogP contribution in [0, 0.1) is 5.92 Å². The van der Waals surface area contributed by atoms with Crippen molar-refractivity contribution in [2.75, 3.05) is 6.54 Å². The van der Waals surface area contributed by atoms with E-state index in [1.807, 2.05) is 54.7 Å². The molecule has 3 aliphatic heterocycles. The molecule has 62 heavy (non-hydrogen) atoms. The maximum Gasteiger partial charge on any atom is 0.247 e. The molecule has 0 radical (unpaired) electrons. The highest BCUT2D eigenvalue weighted by Crippen LogP contribution is 2.41. The summed E-state index contributed by atoms with van der Waals surface area (Å²) in [6.45, 7) is 1.93. The first-order valence-corrected chi connectivity index (χ1v) is 22.7. The summed E-state index contributed by atoms with van der Waals surface area (Å²) < 4.78 is 0. The zero-order valence-corrected chi connectivity index (χ0v) is 35.4. The number of hydrogen-bond donors (Lipinski definition) is 7. The minimum atomic E-state index is -1.38. The highest BCUT2D eigenvalue weighted by molar-refractivity contribution is 6.00. The summed E-state index contributed by atoms with van der Waals surface area (Å²) in [5.74, 6) is -2.71. The van der Waals surface area contributed by atoms with Crippen LogP contribution in [0.2, 0.25) is 0 Å². The number of nitrogens with zero attached hydrogens (tertiary/aromatic N) is 2. The summed E-state index contributed by atoms with van der Waals surface area (Å²) >= 11 is 0. The van der Waals surface area contributed by atoms with E-state index in [0.29, 0.717) is 51.4 Å². The minimum Gasteiger partial charge on any atom is -0.361 e. The van der Waals surface area contributed by atoms with Crippen LogP contribution in [0.25, 0.3) is 21.8 Å². The van der Waals surface area contributed by atoms with Crippen LogP contribution < -0.4 is 27.0 Å². The fourth-order valence-corrected chi connectivity index (χ4v) is 11.2. The Kier molecular flexibility index (Phi) is 11.6. The molecule has 1 spiro atoms. The van der Waals surface area contributed by atoms with Crippen molar-refractivity contribution in [2.45, 2.75) is 145 Å². The van der Waals surface area contributed by atoms with E-state index in [4.69, 9.17) is 5.73 Å². The average molecular weight is 846 g/mol. The molecule has 8 atom stereocenters. The summed E-state index contributed by atoms with van der Waals surface area (Å²) in [4.78, 5) is 99.0. The van der Waals surface area contributed by atoms with Gasteiger partial charge in [0.1, 0.15) is 35.7 Å². The second kappa shape index (κ2) is 17.2. The number of aromatic nitrogens is 2. The minimum absolute atomic E-state index is 0.0778. The molecule has 3 saturated heterocycles. The number of fused-ring (bicyclic) bond motifs is 6. The third kappa shape index (κ3) is 7.84. The van der Waals surface area contributed by atoms with Gasteiger partial charge in [0.15, 0.2) is 0 Å². The molecule has 1 unspecified atom stereocenters. The van der Waals surface area contributed by atoms with Crippen molar-refractivity contribution in [3.8, 4) is 0 Å². The van der Waals surface area contributed by atoms with Gasteiger partial charge in [0.25, 0.3) is 0 Å². The number of benzene rings is 2. The Morgan fingerprint density at radius 1 is 0.677 bits per heavy atom. The largest absolute Gasteiger partial charge is 0.361 e. The quantitative estimate of drug-likeness (QED) is 0.159. The van der Waals surface area contributed by atoms with Gasteiger partial charge in [-0.1, -0.05) is 62.1 Å². The van der Waals surface area contributed by atoms with E-state index in [-0.39, 0.29) is 37.3 Å². The summed E-state index contributed by atoms with van der Waals surface area (Å²) in [5, 5.41) is 13.9. The summed E-state index contributed by atoms with van der Waals surface area (Å²) in [5.41, 5.74) is 8.48. The molecule has 6 amide bonds. The number of para-hydroxylation sites is 2. The lowest BCUT2D eigenvalue weighted by Gasteiger charge is -2.42. The normalized spacial score (nSPS) is 29.3. The monoisotopic (exact) mass is 845 g/mol. The summed E-state index contributed by atoms with van der Waals surface area (Å²) in [6, 6.07) is 9.19. The van der Waals surface area contributed by atoms with E-state index in [0.717, 1.165) is 58.6 Å². The van der Waals surface area contributed by atoms with Crippen LogP contribution in [0.15, 0.2) is 60.9 Å². The van der Waals surface area contributed by atoms with E-state index in [2.05, 4.69) is 31.2 Å². The smallest absolute Gasteiger partial charge is 0.247 e. The Hall–Kier alpha value is -5.70. The van der Waals surface area contributed by atoms with E-state index < -0.39 is 71.3 Å². The Morgan fingerprint density at radius 2 is 1.29 bits per heavy atom. The van der Waals surface area contributed by atoms with E-state index in [9.17, 15) is 24.0 Å². The first-order chi connectivity index (χ1) is 30.0. The van der Waals surface area contributed by atoms with Crippen molar-refractivity contribution in [1.29, 1.82) is 0 Å². The van der Waals surface area contributed by atoms with Crippen molar-refractivity contribution in [3.63, 3.8) is 0 Å². The molecule has 15 heteroatoms. The van der Waals surface area contributed by atoms with Crippen LogP contribution in [0.3, 0.4) is 0 Å². The van der Waals surface area contributed by atoms with Gasteiger partial charge in [0.2, 0.25) is 35.4 Å². The van der Waals surface area contributed by atoms with Crippen LogP contribution in [0.1, 0.15) is 95.1 Å². The number of amides is 6. The van der Waals surface area contributed by atoms with Crippen LogP contribution in [-0.2, 0) is 41.6 Å². The van der Waals surface area contributed by atoms with Crippen LogP contribution in [-0.4, -0.2) is 110 Å². The number of H-pyrrole nitrogens is 2.